The fourth-order valence-electron chi connectivity index (χ4n) is 4.62. The molecule has 2 aliphatic rings. The quantitative estimate of drug-likeness (QED) is 0.433. The van der Waals surface area contributed by atoms with Gasteiger partial charge in [-0.1, -0.05) is 36.4 Å². The Kier molecular flexibility index (Phi) is 5.72. The lowest BCUT2D eigenvalue weighted by Gasteiger charge is -2.27. The van der Waals surface area contributed by atoms with Crippen molar-refractivity contribution in [3.05, 3.63) is 72.1 Å². The highest BCUT2D eigenvalue weighted by molar-refractivity contribution is 7.80. The van der Waals surface area contributed by atoms with Gasteiger partial charge in [0.05, 0.1) is 5.69 Å². The Labute approximate surface area is 198 Å². The molecule has 0 spiro atoms. The first-order valence-electron chi connectivity index (χ1n) is 11.3. The summed E-state index contributed by atoms with van der Waals surface area (Å²) in [5, 5.41) is 1.45. The van der Waals surface area contributed by atoms with Crippen LogP contribution in [0.1, 0.15) is 24.8 Å². The second kappa shape index (κ2) is 8.83. The lowest BCUT2D eigenvalue weighted by molar-refractivity contribution is -0.132. The van der Waals surface area contributed by atoms with Crippen molar-refractivity contribution in [3.63, 3.8) is 0 Å². The first-order chi connectivity index (χ1) is 16.0. The Morgan fingerprint density at radius 3 is 2.45 bits per heavy atom. The fraction of sp³-hybridized carbons (Fsp3) is 0.269. The Bertz CT molecular complexity index is 1260. The van der Waals surface area contributed by atoms with Gasteiger partial charge in [0, 0.05) is 42.8 Å². The zero-order valence-corrected chi connectivity index (χ0v) is 19.4. The fourth-order valence-corrected chi connectivity index (χ4v) is 4.91. The molecule has 0 N–H and O–H groups in total. The van der Waals surface area contributed by atoms with Crippen molar-refractivity contribution in [2.45, 2.75) is 25.8 Å². The summed E-state index contributed by atoms with van der Waals surface area (Å²) < 4.78 is 1.99. The number of anilines is 1. The second-order valence-electron chi connectivity index (χ2n) is 8.52. The van der Waals surface area contributed by atoms with E-state index < -0.39 is 0 Å². The number of nitrogens with zero attached hydrogens (tertiary/aromatic N) is 4. The number of carbonyl (C=O) groups excluding carboxylic acids is 2. The van der Waals surface area contributed by atoms with E-state index in [0.717, 1.165) is 48.1 Å². The van der Waals surface area contributed by atoms with E-state index in [-0.39, 0.29) is 11.8 Å². The van der Waals surface area contributed by atoms with Crippen LogP contribution in [0.2, 0.25) is 0 Å². The van der Waals surface area contributed by atoms with Gasteiger partial charge >= 0.3 is 0 Å². The number of hydrogen-bond acceptors (Lipinski definition) is 3. The molecule has 2 fully saturated rings. The highest BCUT2D eigenvalue weighted by Gasteiger charge is 2.36. The van der Waals surface area contributed by atoms with E-state index in [1.165, 1.54) is 6.42 Å². The van der Waals surface area contributed by atoms with Gasteiger partial charge in [-0.25, -0.2) is 0 Å². The lowest BCUT2D eigenvalue weighted by atomic mass is 10.1. The van der Waals surface area contributed by atoms with Gasteiger partial charge in [-0.05, 0) is 55.8 Å². The monoisotopic (exact) mass is 458 g/mol. The number of carbonyl (C=O) groups is 2. The minimum atomic E-state index is -0.157. The van der Waals surface area contributed by atoms with Crippen LogP contribution in [-0.4, -0.2) is 51.4 Å². The molecule has 2 saturated heterocycles. The number of thiocarbonyl (C=S) groups is 1. The van der Waals surface area contributed by atoms with Gasteiger partial charge in [-0.15, -0.1) is 0 Å². The predicted octanol–water partition coefficient (Wildman–Crippen LogP) is 4.26. The molecule has 168 valence electrons. The van der Waals surface area contributed by atoms with E-state index in [9.17, 15) is 9.59 Å². The van der Waals surface area contributed by atoms with Gasteiger partial charge in [-0.3, -0.25) is 14.5 Å². The van der Waals surface area contributed by atoms with Crippen LogP contribution in [0.5, 0.6) is 0 Å². The third-order valence-electron chi connectivity index (χ3n) is 6.40. The zero-order chi connectivity index (χ0) is 22.9. The van der Waals surface area contributed by atoms with E-state index in [1.54, 1.807) is 9.80 Å². The number of benzene rings is 2. The Balaban J connectivity index is 1.49. The smallest absolute Gasteiger partial charge is 0.281 e. The van der Waals surface area contributed by atoms with Crippen LogP contribution in [0.4, 0.5) is 5.69 Å². The van der Waals surface area contributed by atoms with Crippen LogP contribution < -0.4 is 4.90 Å². The second-order valence-corrected chi connectivity index (χ2v) is 8.88. The first kappa shape index (κ1) is 21.4. The van der Waals surface area contributed by atoms with Crippen molar-refractivity contribution in [2.24, 2.45) is 0 Å². The average Bonchev–Trinajstić information content (AvgIpc) is 3.30. The van der Waals surface area contributed by atoms with Crippen LogP contribution in [0.15, 0.2) is 66.5 Å². The highest BCUT2D eigenvalue weighted by Crippen LogP contribution is 2.30. The Morgan fingerprint density at radius 2 is 1.70 bits per heavy atom. The largest absolute Gasteiger partial charge is 0.341 e. The van der Waals surface area contributed by atoms with Crippen molar-refractivity contribution in [1.82, 2.24) is 14.4 Å². The molecule has 2 amide bonds. The number of aromatic nitrogens is 1. The summed E-state index contributed by atoms with van der Waals surface area (Å²) in [4.78, 5) is 31.5. The van der Waals surface area contributed by atoms with Gasteiger partial charge in [0.25, 0.3) is 5.91 Å². The highest BCUT2D eigenvalue weighted by atomic mass is 32.1. The SMILES string of the molecule is CN1C(=S)N(c2ccccc2)C(=O)C1=Cc1cn(CC(=O)N2CCCCC2)c2ccccc12. The predicted molar refractivity (Wildman–Crippen MR) is 135 cm³/mol. The molecular weight excluding hydrogens is 432 g/mol. The minimum absolute atomic E-state index is 0.139. The topological polar surface area (TPSA) is 48.8 Å². The van der Waals surface area contributed by atoms with E-state index in [2.05, 4.69) is 0 Å². The van der Waals surface area contributed by atoms with Crippen LogP contribution in [0.3, 0.4) is 0 Å². The third kappa shape index (κ3) is 3.93. The summed E-state index contributed by atoms with van der Waals surface area (Å²) in [5.74, 6) is -0.0185. The molecule has 0 atom stereocenters. The Morgan fingerprint density at radius 1 is 1.00 bits per heavy atom. The summed E-state index contributed by atoms with van der Waals surface area (Å²) in [6, 6.07) is 17.4. The van der Waals surface area contributed by atoms with Crippen molar-refractivity contribution in [3.8, 4) is 0 Å². The molecule has 0 unspecified atom stereocenters. The molecule has 0 bridgehead atoms. The average molecular weight is 459 g/mol. The summed E-state index contributed by atoms with van der Waals surface area (Å²) in [6.45, 7) is 1.96. The van der Waals surface area contributed by atoms with Gasteiger partial charge < -0.3 is 14.4 Å². The number of amides is 2. The molecule has 1 aromatic heterocycles. The van der Waals surface area contributed by atoms with Crippen molar-refractivity contribution < 1.29 is 9.59 Å². The maximum Gasteiger partial charge on any atom is 0.281 e. The molecule has 2 aliphatic heterocycles. The first-order valence-corrected chi connectivity index (χ1v) is 11.7. The zero-order valence-electron chi connectivity index (χ0n) is 18.6. The van der Waals surface area contributed by atoms with Crippen LogP contribution >= 0.6 is 12.2 Å². The maximum absolute atomic E-state index is 13.3. The maximum atomic E-state index is 13.3. The van der Waals surface area contributed by atoms with Gasteiger partial charge in [0.2, 0.25) is 5.91 Å². The summed E-state index contributed by atoms with van der Waals surface area (Å²) in [6.07, 6.45) is 7.18. The number of fused-ring (bicyclic) bond motifs is 1. The molecule has 3 heterocycles. The number of rotatable bonds is 4. The van der Waals surface area contributed by atoms with Gasteiger partial charge in [-0.2, -0.15) is 0 Å². The van der Waals surface area contributed by atoms with Gasteiger partial charge in [0.1, 0.15) is 12.2 Å². The molecule has 5 rings (SSSR count). The standard InChI is InChI=1S/C26H26N4O2S/c1-27-23(25(32)30(26(27)33)20-10-4-2-5-11-20)16-19-17-29(22-13-7-6-12-21(19)22)18-24(31)28-14-8-3-9-15-28/h2,4-7,10-13,16-17H,3,8-9,14-15,18H2,1H3. The lowest BCUT2D eigenvalue weighted by Crippen LogP contribution is -2.37. The van der Waals surface area contributed by atoms with E-state index in [1.807, 2.05) is 83.4 Å². The molecule has 6 nitrogen and oxygen atoms in total. The molecule has 33 heavy (non-hydrogen) atoms. The molecule has 2 aromatic carbocycles. The number of hydrogen-bond donors (Lipinski definition) is 0. The van der Waals surface area contributed by atoms with Gasteiger partial charge in [0.15, 0.2) is 5.11 Å². The van der Waals surface area contributed by atoms with Crippen molar-refractivity contribution in [1.29, 1.82) is 0 Å². The normalized spacial score (nSPS) is 18.1. The summed E-state index contributed by atoms with van der Waals surface area (Å²) in [7, 11) is 1.81. The number of likely N-dealkylation sites (N-methyl/N-ethyl adjacent to an activating group) is 1. The molecule has 7 heteroatoms. The molecule has 0 aliphatic carbocycles. The van der Waals surface area contributed by atoms with Crippen LogP contribution in [0, 0.1) is 0 Å². The van der Waals surface area contributed by atoms with Crippen molar-refractivity contribution in [2.75, 3.05) is 25.0 Å². The number of para-hydroxylation sites is 2. The van der Waals surface area contributed by atoms with E-state index in [4.69, 9.17) is 12.2 Å². The minimum Gasteiger partial charge on any atom is -0.341 e. The van der Waals surface area contributed by atoms with Crippen LogP contribution in [0.25, 0.3) is 17.0 Å². The molecule has 3 aromatic rings. The molecular formula is C26H26N4O2S. The van der Waals surface area contributed by atoms with Crippen molar-refractivity contribution >= 4 is 51.8 Å². The number of piperidine rings is 1. The Hall–Kier alpha value is -3.45. The third-order valence-corrected chi connectivity index (χ3v) is 6.86. The number of likely N-dealkylation sites (tertiary alicyclic amines) is 1. The summed E-state index contributed by atoms with van der Waals surface area (Å²) >= 11 is 5.58. The summed E-state index contributed by atoms with van der Waals surface area (Å²) in [5.41, 5.74) is 3.13. The molecule has 0 radical (unpaired) electrons. The van der Waals surface area contributed by atoms with E-state index >= 15 is 0 Å². The van der Waals surface area contributed by atoms with E-state index in [0.29, 0.717) is 17.4 Å². The molecule has 0 saturated carbocycles. The van der Waals surface area contributed by atoms with Crippen LogP contribution in [-0.2, 0) is 16.1 Å².